The van der Waals surface area contributed by atoms with Gasteiger partial charge in [-0.1, -0.05) is 39.0 Å². The third-order valence-corrected chi connectivity index (χ3v) is 4.21. The van der Waals surface area contributed by atoms with Crippen LogP contribution in [0.4, 0.5) is 0 Å². The highest BCUT2D eigenvalue weighted by Crippen LogP contribution is 2.28. The summed E-state index contributed by atoms with van der Waals surface area (Å²) in [5, 5.41) is 3.11. The number of thiazole rings is 1. The van der Waals surface area contributed by atoms with E-state index >= 15 is 0 Å². The molecule has 1 heterocycles. The highest BCUT2D eigenvalue weighted by molar-refractivity contribution is 7.09. The van der Waals surface area contributed by atoms with Gasteiger partial charge in [-0.05, 0) is 12.5 Å². The average molecular weight is 310 g/mol. The van der Waals surface area contributed by atoms with Gasteiger partial charge in [-0.25, -0.2) is 4.98 Å². The first-order valence-electron chi connectivity index (χ1n) is 6.64. The fraction of sp³-hybridized carbons (Fsp3) is 0.438. The minimum absolute atomic E-state index is 0.0821. The van der Waals surface area contributed by atoms with Crippen LogP contribution in [-0.4, -0.2) is 4.98 Å². The summed E-state index contributed by atoms with van der Waals surface area (Å²) < 4.78 is 5.93. The molecule has 2 aromatic rings. The number of rotatable bonds is 4. The maximum Gasteiger partial charge on any atom is 0.140 e. The molecule has 0 saturated heterocycles. The highest BCUT2D eigenvalue weighted by Gasteiger charge is 2.17. The Morgan fingerprint density at radius 2 is 2.05 bits per heavy atom. The molecule has 0 bridgehead atoms. The van der Waals surface area contributed by atoms with Crippen molar-refractivity contribution >= 4 is 22.9 Å². The van der Waals surface area contributed by atoms with Gasteiger partial charge in [-0.3, -0.25) is 0 Å². The van der Waals surface area contributed by atoms with Gasteiger partial charge in [0.25, 0.3) is 0 Å². The minimum atomic E-state index is 0.0821. The van der Waals surface area contributed by atoms with Crippen LogP contribution in [0.1, 0.15) is 42.6 Å². The molecule has 2 rings (SSSR count). The van der Waals surface area contributed by atoms with Crippen molar-refractivity contribution < 1.29 is 4.74 Å². The molecule has 2 nitrogen and oxygen atoms in total. The number of hydrogen-bond donors (Lipinski definition) is 0. The first-order chi connectivity index (χ1) is 9.41. The van der Waals surface area contributed by atoms with Crippen molar-refractivity contribution in [2.75, 3.05) is 0 Å². The standard InChI is InChI=1S/C16H20ClNOS/c1-11-6-5-7-12(8-17)15(11)19-9-14-18-13(10-20-14)16(2,3)4/h5-7,10H,8-9H2,1-4H3. The number of benzene rings is 1. The lowest BCUT2D eigenvalue weighted by Crippen LogP contribution is -2.11. The zero-order valence-corrected chi connectivity index (χ0v) is 13.9. The zero-order chi connectivity index (χ0) is 14.8. The molecule has 108 valence electrons. The smallest absolute Gasteiger partial charge is 0.140 e. The molecule has 0 aliphatic heterocycles. The molecule has 0 saturated carbocycles. The van der Waals surface area contributed by atoms with E-state index in [1.165, 1.54) is 0 Å². The fourth-order valence-electron chi connectivity index (χ4n) is 1.88. The van der Waals surface area contributed by atoms with Gasteiger partial charge in [0.1, 0.15) is 17.4 Å². The van der Waals surface area contributed by atoms with Gasteiger partial charge in [0.05, 0.1) is 11.6 Å². The predicted molar refractivity (Wildman–Crippen MR) is 85.9 cm³/mol. The van der Waals surface area contributed by atoms with Gasteiger partial charge in [0, 0.05) is 16.4 Å². The number of aryl methyl sites for hydroxylation is 1. The quantitative estimate of drug-likeness (QED) is 0.736. The molecule has 0 aliphatic rings. The lowest BCUT2D eigenvalue weighted by Gasteiger charge is -2.14. The first kappa shape index (κ1) is 15.3. The Hall–Kier alpha value is -1.06. The van der Waals surface area contributed by atoms with E-state index in [0.29, 0.717) is 12.5 Å². The van der Waals surface area contributed by atoms with Crippen LogP contribution < -0.4 is 4.74 Å². The number of alkyl halides is 1. The maximum atomic E-state index is 5.96. The number of hydrogen-bond acceptors (Lipinski definition) is 3. The van der Waals surface area contributed by atoms with Crippen LogP contribution in [0.15, 0.2) is 23.6 Å². The number of para-hydroxylation sites is 1. The molecule has 0 atom stereocenters. The summed E-state index contributed by atoms with van der Waals surface area (Å²) in [5.74, 6) is 1.34. The normalized spacial score (nSPS) is 11.7. The Morgan fingerprint density at radius 3 is 2.65 bits per heavy atom. The summed E-state index contributed by atoms with van der Waals surface area (Å²) in [6, 6.07) is 6.03. The molecule has 4 heteroatoms. The molecule has 0 spiro atoms. The summed E-state index contributed by atoms with van der Waals surface area (Å²) in [5.41, 5.74) is 3.33. The summed E-state index contributed by atoms with van der Waals surface area (Å²) in [7, 11) is 0. The van der Waals surface area contributed by atoms with E-state index in [0.717, 1.165) is 27.6 Å². The highest BCUT2D eigenvalue weighted by atomic mass is 35.5. The second-order valence-corrected chi connectivity index (χ2v) is 7.07. The molecule has 0 fully saturated rings. The van der Waals surface area contributed by atoms with Crippen LogP contribution in [0.5, 0.6) is 5.75 Å². The van der Waals surface area contributed by atoms with E-state index < -0.39 is 0 Å². The third kappa shape index (κ3) is 3.53. The van der Waals surface area contributed by atoms with Crippen LogP contribution in [0.25, 0.3) is 0 Å². The van der Waals surface area contributed by atoms with E-state index in [1.54, 1.807) is 11.3 Å². The molecule has 1 aromatic heterocycles. The largest absolute Gasteiger partial charge is 0.486 e. The van der Waals surface area contributed by atoms with Gasteiger partial charge < -0.3 is 4.74 Å². The number of aromatic nitrogens is 1. The molecule has 0 N–H and O–H groups in total. The molecule has 0 radical (unpaired) electrons. The monoisotopic (exact) mass is 309 g/mol. The van der Waals surface area contributed by atoms with Gasteiger partial charge >= 0.3 is 0 Å². The topological polar surface area (TPSA) is 22.1 Å². The van der Waals surface area contributed by atoms with Crippen molar-refractivity contribution in [1.29, 1.82) is 0 Å². The predicted octanol–water partition coefficient (Wildman–Crippen LogP) is 5.07. The van der Waals surface area contributed by atoms with Crippen LogP contribution in [0.3, 0.4) is 0 Å². The summed E-state index contributed by atoms with van der Waals surface area (Å²) in [6.07, 6.45) is 0. The van der Waals surface area contributed by atoms with E-state index in [4.69, 9.17) is 16.3 Å². The zero-order valence-electron chi connectivity index (χ0n) is 12.4. The number of nitrogens with zero attached hydrogens (tertiary/aromatic N) is 1. The lowest BCUT2D eigenvalue weighted by molar-refractivity contribution is 0.300. The van der Waals surface area contributed by atoms with Gasteiger partial charge in [0.15, 0.2) is 0 Å². The maximum absolute atomic E-state index is 5.96. The Kier molecular flexibility index (Phi) is 4.71. The third-order valence-electron chi connectivity index (χ3n) is 3.10. The Labute approximate surface area is 129 Å². The molecule has 1 aromatic carbocycles. The molecular formula is C16H20ClNOS. The summed E-state index contributed by atoms with van der Waals surface area (Å²) >= 11 is 7.60. The van der Waals surface area contributed by atoms with E-state index in [1.807, 2.05) is 25.1 Å². The van der Waals surface area contributed by atoms with Crippen molar-refractivity contribution in [3.05, 3.63) is 45.4 Å². The average Bonchev–Trinajstić information content (AvgIpc) is 2.85. The van der Waals surface area contributed by atoms with Gasteiger partial charge in [-0.15, -0.1) is 22.9 Å². The SMILES string of the molecule is Cc1cccc(CCl)c1OCc1nc(C(C)(C)C)cs1. The van der Waals surface area contributed by atoms with E-state index in [-0.39, 0.29) is 5.41 Å². The van der Waals surface area contributed by atoms with Crippen molar-refractivity contribution in [2.45, 2.75) is 45.6 Å². The van der Waals surface area contributed by atoms with Crippen molar-refractivity contribution in [1.82, 2.24) is 4.98 Å². The Balaban J connectivity index is 2.11. The molecule has 0 unspecified atom stereocenters. The van der Waals surface area contributed by atoms with Crippen molar-refractivity contribution in [2.24, 2.45) is 0 Å². The summed E-state index contributed by atoms with van der Waals surface area (Å²) in [6.45, 7) is 9.03. The Bertz CT molecular complexity index is 586. The van der Waals surface area contributed by atoms with Crippen LogP contribution in [0.2, 0.25) is 0 Å². The van der Waals surface area contributed by atoms with Crippen molar-refractivity contribution in [3.8, 4) is 5.75 Å². The van der Waals surface area contributed by atoms with E-state index in [9.17, 15) is 0 Å². The molecule has 0 aliphatic carbocycles. The molecular weight excluding hydrogens is 290 g/mol. The van der Waals surface area contributed by atoms with Gasteiger partial charge in [0.2, 0.25) is 0 Å². The van der Waals surface area contributed by atoms with Crippen molar-refractivity contribution in [3.63, 3.8) is 0 Å². The van der Waals surface area contributed by atoms with Crippen LogP contribution in [0, 0.1) is 6.92 Å². The van der Waals surface area contributed by atoms with Crippen LogP contribution in [-0.2, 0) is 17.9 Å². The van der Waals surface area contributed by atoms with Gasteiger partial charge in [-0.2, -0.15) is 0 Å². The Morgan fingerprint density at radius 1 is 1.30 bits per heavy atom. The molecule has 20 heavy (non-hydrogen) atoms. The summed E-state index contributed by atoms with van der Waals surface area (Å²) in [4.78, 5) is 4.64. The number of ether oxygens (including phenoxy) is 1. The van der Waals surface area contributed by atoms with Crippen LogP contribution >= 0.6 is 22.9 Å². The second-order valence-electron chi connectivity index (χ2n) is 5.86. The first-order valence-corrected chi connectivity index (χ1v) is 8.05. The lowest BCUT2D eigenvalue weighted by atomic mass is 9.93. The minimum Gasteiger partial charge on any atom is -0.486 e. The van der Waals surface area contributed by atoms with E-state index in [2.05, 4.69) is 31.1 Å². The molecule has 0 amide bonds. The fourth-order valence-corrected chi connectivity index (χ4v) is 3.02. The number of halogens is 1. The second kappa shape index (κ2) is 6.15.